The second kappa shape index (κ2) is 3.69. The molecule has 2 aliphatic heterocycles. The minimum atomic E-state index is 0.339. The van der Waals surface area contributed by atoms with Crippen molar-refractivity contribution in [2.75, 3.05) is 26.2 Å². The lowest BCUT2D eigenvalue weighted by Crippen LogP contribution is -2.43. The van der Waals surface area contributed by atoms with E-state index < -0.39 is 0 Å². The van der Waals surface area contributed by atoms with Gasteiger partial charge in [0.15, 0.2) is 0 Å². The second-order valence-electron chi connectivity index (χ2n) is 4.40. The van der Waals surface area contributed by atoms with E-state index in [0.29, 0.717) is 11.4 Å². The van der Waals surface area contributed by atoms with Gasteiger partial charge in [-0.2, -0.15) is 0 Å². The summed E-state index contributed by atoms with van der Waals surface area (Å²) in [5, 5.41) is 11.0. The van der Waals surface area contributed by atoms with Crippen LogP contribution in [0.1, 0.15) is 19.3 Å². The van der Waals surface area contributed by atoms with Crippen molar-refractivity contribution in [2.24, 2.45) is 10.4 Å². The standard InChI is InChI=1S/C10H18N4/c1-12-9(11)14-6-3-10(4-7-14)2-5-13-8-10/h11,13H,1-8H2. The van der Waals surface area contributed by atoms with Crippen LogP contribution < -0.4 is 5.32 Å². The van der Waals surface area contributed by atoms with Crippen molar-refractivity contribution in [3.63, 3.8) is 0 Å². The molecule has 14 heavy (non-hydrogen) atoms. The first-order chi connectivity index (χ1) is 6.76. The van der Waals surface area contributed by atoms with Crippen molar-refractivity contribution >= 4 is 12.7 Å². The van der Waals surface area contributed by atoms with Gasteiger partial charge in [-0.05, 0) is 37.9 Å². The van der Waals surface area contributed by atoms with Crippen LogP contribution in [-0.2, 0) is 0 Å². The molecule has 0 saturated carbocycles. The summed E-state index contributed by atoms with van der Waals surface area (Å²) < 4.78 is 0. The summed E-state index contributed by atoms with van der Waals surface area (Å²) in [6.45, 7) is 7.67. The van der Waals surface area contributed by atoms with Crippen LogP contribution in [-0.4, -0.2) is 43.8 Å². The van der Waals surface area contributed by atoms with Gasteiger partial charge in [-0.3, -0.25) is 5.41 Å². The molecule has 0 aromatic carbocycles. The number of guanidine groups is 1. The molecular weight excluding hydrogens is 176 g/mol. The van der Waals surface area contributed by atoms with E-state index in [1.54, 1.807) is 0 Å². The fraction of sp³-hybridized carbons (Fsp3) is 0.800. The van der Waals surface area contributed by atoms with Gasteiger partial charge in [-0.1, -0.05) is 0 Å². The van der Waals surface area contributed by atoms with Gasteiger partial charge in [0, 0.05) is 19.6 Å². The van der Waals surface area contributed by atoms with Crippen LogP contribution in [0.4, 0.5) is 0 Å². The van der Waals surface area contributed by atoms with Crippen LogP contribution in [0.3, 0.4) is 0 Å². The molecule has 2 N–H and O–H groups in total. The van der Waals surface area contributed by atoms with E-state index >= 15 is 0 Å². The number of rotatable bonds is 0. The van der Waals surface area contributed by atoms with Crippen LogP contribution in [0, 0.1) is 10.8 Å². The van der Waals surface area contributed by atoms with Crippen LogP contribution >= 0.6 is 0 Å². The molecule has 78 valence electrons. The number of nitrogens with one attached hydrogen (secondary N) is 2. The minimum Gasteiger partial charge on any atom is -0.341 e. The summed E-state index contributed by atoms with van der Waals surface area (Å²) in [5.74, 6) is 0.339. The largest absolute Gasteiger partial charge is 0.341 e. The van der Waals surface area contributed by atoms with Crippen molar-refractivity contribution in [1.82, 2.24) is 10.2 Å². The number of nitrogens with zero attached hydrogens (tertiary/aromatic N) is 2. The van der Waals surface area contributed by atoms with Crippen LogP contribution in [0.15, 0.2) is 4.99 Å². The van der Waals surface area contributed by atoms with Gasteiger partial charge in [-0.25, -0.2) is 4.99 Å². The molecule has 2 aliphatic rings. The summed E-state index contributed by atoms with van der Waals surface area (Å²) in [4.78, 5) is 5.70. The molecule has 0 aliphatic carbocycles. The smallest absolute Gasteiger partial charge is 0.217 e. The summed E-state index contributed by atoms with van der Waals surface area (Å²) in [6, 6.07) is 0. The van der Waals surface area contributed by atoms with Gasteiger partial charge in [-0.15, -0.1) is 0 Å². The van der Waals surface area contributed by atoms with E-state index in [-0.39, 0.29) is 0 Å². The average Bonchev–Trinajstić information content (AvgIpc) is 2.67. The molecule has 2 fully saturated rings. The number of likely N-dealkylation sites (tertiary alicyclic amines) is 1. The van der Waals surface area contributed by atoms with Crippen LogP contribution in [0.5, 0.6) is 0 Å². The summed E-state index contributed by atoms with van der Waals surface area (Å²) in [6.07, 6.45) is 3.69. The molecular formula is C10H18N4. The molecule has 2 heterocycles. The van der Waals surface area contributed by atoms with Gasteiger partial charge >= 0.3 is 0 Å². The van der Waals surface area contributed by atoms with E-state index in [1.807, 2.05) is 4.90 Å². The maximum absolute atomic E-state index is 7.57. The fourth-order valence-corrected chi connectivity index (χ4v) is 2.52. The Morgan fingerprint density at radius 2 is 2.07 bits per heavy atom. The molecule has 1 spiro atoms. The highest BCUT2D eigenvalue weighted by atomic mass is 15.2. The molecule has 2 saturated heterocycles. The van der Waals surface area contributed by atoms with Gasteiger partial charge < -0.3 is 10.2 Å². The molecule has 4 nitrogen and oxygen atoms in total. The van der Waals surface area contributed by atoms with Gasteiger partial charge in [0.25, 0.3) is 0 Å². The van der Waals surface area contributed by atoms with Gasteiger partial charge in [0.2, 0.25) is 5.96 Å². The lowest BCUT2D eigenvalue weighted by molar-refractivity contribution is 0.167. The van der Waals surface area contributed by atoms with Crippen molar-refractivity contribution < 1.29 is 0 Å². The Kier molecular flexibility index (Phi) is 2.54. The maximum Gasteiger partial charge on any atom is 0.217 e. The topological polar surface area (TPSA) is 51.5 Å². The molecule has 4 heteroatoms. The highest BCUT2D eigenvalue weighted by molar-refractivity contribution is 5.81. The Bertz CT molecular complexity index is 233. The SMILES string of the molecule is C=NC(=N)N1CCC2(CCNC2)CC1. The van der Waals surface area contributed by atoms with E-state index in [2.05, 4.69) is 17.0 Å². The molecule has 0 aromatic rings. The molecule has 0 unspecified atom stereocenters. The van der Waals surface area contributed by atoms with E-state index in [4.69, 9.17) is 5.41 Å². The summed E-state index contributed by atoms with van der Waals surface area (Å²) in [5.41, 5.74) is 0.526. The highest BCUT2D eigenvalue weighted by Crippen LogP contribution is 2.36. The summed E-state index contributed by atoms with van der Waals surface area (Å²) >= 11 is 0. The Balaban J connectivity index is 1.91. The number of hydrogen-bond donors (Lipinski definition) is 2. The Morgan fingerprint density at radius 1 is 1.36 bits per heavy atom. The van der Waals surface area contributed by atoms with Crippen molar-refractivity contribution in [3.8, 4) is 0 Å². The lowest BCUT2D eigenvalue weighted by Gasteiger charge is -2.38. The van der Waals surface area contributed by atoms with E-state index in [1.165, 1.54) is 19.3 Å². The Labute approximate surface area is 84.9 Å². The first-order valence-corrected chi connectivity index (χ1v) is 5.27. The Morgan fingerprint density at radius 3 is 2.57 bits per heavy atom. The zero-order chi connectivity index (χ0) is 10.0. The van der Waals surface area contributed by atoms with Gasteiger partial charge in [0.1, 0.15) is 0 Å². The predicted octanol–water partition coefficient (Wildman–Crippen LogP) is 0.697. The van der Waals surface area contributed by atoms with Gasteiger partial charge in [0.05, 0.1) is 0 Å². The third kappa shape index (κ3) is 1.66. The quantitative estimate of drug-likeness (QED) is 0.440. The number of aliphatic imine (C=N–C) groups is 1. The zero-order valence-electron chi connectivity index (χ0n) is 8.55. The molecule has 0 amide bonds. The lowest BCUT2D eigenvalue weighted by atomic mass is 9.78. The molecule has 2 rings (SSSR count). The third-order valence-electron chi connectivity index (χ3n) is 3.61. The zero-order valence-corrected chi connectivity index (χ0v) is 8.55. The average molecular weight is 194 g/mol. The number of hydrogen-bond acceptors (Lipinski definition) is 2. The van der Waals surface area contributed by atoms with Crippen LogP contribution in [0.25, 0.3) is 0 Å². The molecule has 0 radical (unpaired) electrons. The van der Waals surface area contributed by atoms with Crippen molar-refractivity contribution in [2.45, 2.75) is 19.3 Å². The molecule has 0 bridgehead atoms. The molecule has 0 aromatic heterocycles. The van der Waals surface area contributed by atoms with Crippen LogP contribution in [0.2, 0.25) is 0 Å². The van der Waals surface area contributed by atoms with E-state index in [0.717, 1.165) is 26.2 Å². The minimum absolute atomic E-state index is 0.339. The maximum atomic E-state index is 7.57. The summed E-state index contributed by atoms with van der Waals surface area (Å²) in [7, 11) is 0. The first-order valence-electron chi connectivity index (χ1n) is 5.27. The fourth-order valence-electron chi connectivity index (χ4n) is 2.52. The normalized spacial score (nSPS) is 25.3. The second-order valence-corrected chi connectivity index (χ2v) is 4.40. The molecule has 0 atom stereocenters. The number of piperidine rings is 1. The van der Waals surface area contributed by atoms with Crippen molar-refractivity contribution in [3.05, 3.63) is 0 Å². The van der Waals surface area contributed by atoms with E-state index in [9.17, 15) is 0 Å². The monoisotopic (exact) mass is 194 g/mol. The predicted molar refractivity (Wildman–Crippen MR) is 58.0 cm³/mol. The Hall–Kier alpha value is -0.900. The van der Waals surface area contributed by atoms with Crippen molar-refractivity contribution in [1.29, 1.82) is 5.41 Å². The third-order valence-corrected chi connectivity index (χ3v) is 3.61. The highest BCUT2D eigenvalue weighted by Gasteiger charge is 2.37. The first kappa shape index (κ1) is 9.65.